The number of carbonyl (C=O) groups is 2. The van der Waals surface area contributed by atoms with E-state index < -0.39 is 0 Å². The van der Waals surface area contributed by atoms with Crippen LogP contribution in [-0.2, 0) is 6.42 Å². The van der Waals surface area contributed by atoms with E-state index in [1.807, 2.05) is 42.5 Å². The smallest absolute Gasteiger partial charge is 0.189 e. The molecule has 0 radical (unpaired) electrons. The number of hydrogen-bond acceptors (Lipinski definition) is 2. The van der Waals surface area contributed by atoms with Crippen LogP contribution >= 0.6 is 0 Å². The van der Waals surface area contributed by atoms with E-state index >= 15 is 0 Å². The minimum atomic E-state index is -0.103. The minimum absolute atomic E-state index is 0.0175. The topological polar surface area (TPSA) is 34.1 Å². The Morgan fingerprint density at radius 1 is 0.900 bits per heavy atom. The number of rotatable bonds is 2. The van der Waals surface area contributed by atoms with Gasteiger partial charge in [0, 0.05) is 16.7 Å². The van der Waals surface area contributed by atoms with Crippen molar-refractivity contribution in [3.63, 3.8) is 0 Å². The fourth-order valence-corrected chi connectivity index (χ4v) is 2.50. The lowest BCUT2D eigenvalue weighted by Crippen LogP contribution is -2.15. The van der Waals surface area contributed by atoms with Crippen molar-refractivity contribution < 1.29 is 9.59 Å². The van der Waals surface area contributed by atoms with Crippen molar-refractivity contribution in [1.29, 1.82) is 0 Å². The number of hydrogen-bond donors (Lipinski definition) is 0. The van der Waals surface area contributed by atoms with Crippen LogP contribution in [0.15, 0.2) is 66.2 Å². The predicted molar refractivity (Wildman–Crippen MR) is 77.9 cm³/mol. The van der Waals surface area contributed by atoms with E-state index in [2.05, 4.69) is 0 Å². The van der Waals surface area contributed by atoms with Crippen molar-refractivity contribution in [1.82, 2.24) is 0 Å². The average molecular weight is 262 g/mol. The predicted octanol–water partition coefficient (Wildman–Crippen LogP) is 3.62. The highest BCUT2D eigenvalue weighted by Gasteiger charge is 2.22. The second kappa shape index (κ2) is 5.25. The molecule has 2 nitrogen and oxygen atoms in total. The number of aryl methyl sites for hydroxylation is 1. The molecular formula is C18H14O2. The first-order valence-corrected chi connectivity index (χ1v) is 6.68. The molecule has 0 saturated heterocycles. The molecule has 0 amide bonds. The van der Waals surface area contributed by atoms with Crippen molar-refractivity contribution in [3.05, 3.63) is 82.9 Å². The van der Waals surface area contributed by atoms with Gasteiger partial charge in [0.15, 0.2) is 11.6 Å². The molecule has 20 heavy (non-hydrogen) atoms. The van der Waals surface area contributed by atoms with Crippen LogP contribution < -0.4 is 0 Å². The molecule has 0 aliphatic heterocycles. The Labute approximate surface area is 117 Å². The first kappa shape index (κ1) is 12.5. The maximum atomic E-state index is 12.4. The summed E-state index contributed by atoms with van der Waals surface area (Å²) in [6.07, 6.45) is 2.94. The molecule has 0 unspecified atom stereocenters. The first-order chi connectivity index (χ1) is 9.75. The summed E-state index contributed by atoms with van der Waals surface area (Å²) in [4.78, 5) is 24.5. The summed E-state index contributed by atoms with van der Waals surface area (Å²) in [5.74, 6) is -0.121. The molecule has 0 saturated carbocycles. The Balaban J connectivity index is 1.91. The summed E-state index contributed by atoms with van der Waals surface area (Å²) in [7, 11) is 0. The van der Waals surface area contributed by atoms with Gasteiger partial charge in [0.2, 0.25) is 0 Å². The Morgan fingerprint density at radius 3 is 2.40 bits per heavy atom. The normalized spacial score (nSPS) is 16.0. The minimum Gasteiger partial charge on any atom is -0.289 e. The van der Waals surface area contributed by atoms with Gasteiger partial charge in [-0.15, -0.1) is 0 Å². The number of ketones is 2. The van der Waals surface area contributed by atoms with Gasteiger partial charge < -0.3 is 0 Å². The zero-order valence-corrected chi connectivity index (χ0v) is 11.0. The third-order valence-corrected chi connectivity index (χ3v) is 3.58. The van der Waals surface area contributed by atoms with Crippen LogP contribution in [0.25, 0.3) is 0 Å². The summed E-state index contributed by atoms with van der Waals surface area (Å²) in [6, 6.07) is 16.6. The second-order valence-corrected chi connectivity index (χ2v) is 4.89. The fourth-order valence-electron chi connectivity index (χ4n) is 2.50. The molecule has 2 aromatic carbocycles. The molecule has 0 bridgehead atoms. The third-order valence-electron chi connectivity index (χ3n) is 3.58. The lowest BCUT2D eigenvalue weighted by Gasteiger charge is -2.16. The van der Waals surface area contributed by atoms with Crippen molar-refractivity contribution in [2.24, 2.45) is 0 Å². The lowest BCUT2D eigenvalue weighted by molar-refractivity contribution is 0.100. The van der Waals surface area contributed by atoms with Gasteiger partial charge in [-0.3, -0.25) is 9.59 Å². The van der Waals surface area contributed by atoms with Crippen molar-refractivity contribution >= 4 is 11.6 Å². The molecule has 0 aromatic heterocycles. The Morgan fingerprint density at radius 2 is 1.60 bits per heavy atom. The van der Waals surface area contributed by atoms with Crippen LogP contribution in [0, 0.1) is 0 Å². The van der Waals surface area contributed by atoms with Gasteiger partial charge >= 0.3 is 0 Å². The van der Waals surface area contributed by atoms with E-state index in [1.54, 1.807) is 12.1 Å². The van der Waals surface area contributed by atoms with Gasteiger partial charge in [-0.2, -0.15) is 0 Å². The molecule has 0 spiro atoms. The summed E-state index contributed by atoms with van der Waals surface area (Å²) < 4.78 is 0. The molecule has 1 aliphatic carbocycles. The highest BCUT2D eigenvalue weighted by molar-refractivity contribution is 6.16. The molecule has 0 atom stereocenters. The Kier molecular flexibility index (Phi) is 3.30. The summed E-state index contributed by atoms with van der Waals surface area (Å²) in [5.41, 5.74) is 3.02. The highest BCUT2D eigenvalue weighted by Crippen LogP contribution is 2.25. The van der Waals surface area contributed by atoms with Crippen molar-refractivity contribution in [2.75, 3.05) is 0 Å². The third kappa shape index (κ3) is 2.32. The number of Topliss-reactive ketones (excluding diaryl/α,β-unsaturated/α-hetero) is 1. The molecule has 3 rings (SSSR count). The van der Waals surface area contributed by atoms with Crippen molar-refractivity contribution in [3.8, 4) is 0 Å². The molecular weight excluding hydrogens is 248 g/mol. The lowest BCUT2D eigenvalue weighted by atomic mass is 9.86. The Hall–Kier alpha value is -2.48. The maximum absolute atomic E-state index is 12.4. The van der Waals surface area contributed by atoms with E-state index in [4.69, 9.17) is 0 Å². The first-order valence-electron chi connectivity index (χ1n) is 6.68. The molecule has 1 aliphatic rings. The molecule has 98 valence electrons. The van der Waals surface area contributed by atoms with Gasteiger partial charge in [0.25, 0.3) is 0 Å². The van der Waals surface area contributed by atoms with Crippen LogP contribution in [0.3, 0.4) is 0 Å². The van der Waals surface area contributed by atoms with Crippen LogP contribution in [0.4, 0.5) is 0 Å². The van der Waals surface area contributed by atoms with Gasteiger partial charge in [-0.1, -0.05) is 54.6 Å². The highest BCUT2D eigenvalue weighted by atomic mass is 16.1. The van der Waals surface area contributed by atoms with Gasteiger partial charge in [0.1, 0.15) is 0 Å². The van der Waals surface area contributed by atoms with E-state index in [-0.39, 0.29) is 11.6 Å². The van der Waals surface area contributed by atoms with Gasteiger partial charge in [-0.25, -0.2) is 0 Å². The standard InChI is InChI=1S/C18H14O2/c19-17(14-7-2-1-3-8-14)12-15-11-10-13-6-4-5-9-16(13)18(15)20/h1-9,12H,10-11H2. The molecule has 0 heterocycles. The number of allylic oxidation sites excluding steroid dienone is 2. The zero-order chi connectivity index (χ0) is 13.9. The monoisotopic (exact) mass is 262 g/mol. The Bertz CT molecular complexity index is 696. The molecule has 2 heteroatoms. The van der Waals surface area contributed by atoms with Gasteiger partial charge in [-0.05, 0) is 24.5 Å². The van der Waals surface area contributed by atoms with E-state index in [0.29, 0.717) is 17.6 Å². The van der Waals surface area contributed by atoms with Gasteiger partial charge in [0.05, 0.1) is 0 Å². The fraction of sp³-hybridized carbons (Fsp3) is 0.111. The van der Waals surface area contributed by atoms with E-state index in [1.165, 1.54) is 6.08 Å². The summed E-state index contributed by atoms with van der Waals surface area (Å²) >= 11 is 0. The van der Waals surface area contributed by atoms with Crippen LogP contribution in [0.1, 0.15) is 32.7 Å². The second-order valence-electron chi connectivity index (χ2n) is 4.89. The molecule has 0 fully saturated rings. The zero-order valence-electron chi connectivity index (χ0n) is 11.0. The van der Waals surface area contributed by atoms with Crippen molar-refractivity contribution in [2.45, 2.75) is 12.8 Å². The SMILES string of the molecule is O=C(C=C1CCc2ccccc2C1=O)c1ccccc1. The number of carbonyl (C=O) groups excluding carboxylic acids is 2. The maximum Gasteiger partial charge on any atom is 0.189 e. The number of fused-ring (bicyclic) bond motifs is 1. The quantitative estimate of drug-likeness (QED) is 0.612. The van der Waals surface area contributed by atoms with Crippen LogP contribution in [0.2, 0.25) is 0 Å². The van der Waals surface area contributed by atoms with Crippen LogP contribution in [0.5, 0.6) is 0 Å². The molecule has 0 N–H and O–H groups in total. The van der Waals surface area contributed by atoms with E-state index in [0.717, 1.165) is 17.5 Å². The summed E-state index contributed by atoms with van der Waals surface area (Å²) in [6.45, 7) is 0. The largest absolute Gasteiger partial charge is 0.289 e. The molecule has 2 aromatic rings. The van der Waals surface area contributed by atoms with Crippen LogP contribution in [-0.4, -0.2) is 11.6 Å². The van der Waals surface area contributed by atoms with E-state index in [9.17, 15) is 9.59 Å². The summed E-state index contributed by atoms with van der Waals surface area (Å²) in [5, 5.41) is 0. The average Bonchev–Trinajstić information content (AvgIpc) is 2.51. The number of benzene rings is 2.